The normalized spacial score (nSPS) is 12.2. The van der Waals surface area contributed by atoms with Crippen LogP contribution in [-0.2, 0) is 6.18 Å². The molecule has 0 bridgehead atoms. The van der Waals surface area contributed by atoms with Gasteiger partial charge < -0.3 is 4.57 Å². The van der Waals surface area contributed by atoms with Crippen molar-refractivity contribution in [3.8, 4) is 22.5 Å². The lowest BCUT2D eigenvalue weighted by atomic mass is 9.99. The molecule has 46 heavy (non-hydrogen) atoms. The molecule has 0 unspecified atom stereocenters. The van der Waals surface area contributed by atoms with Gasteiger partial charge in [0.15, 0.2) is 0 Å². The van der Waals surface area contributed by atoms with E-state index in [1.54, 1.807) is 0 Å². The Hall–Kier alpha value is -5.88. The summed E-state index contributed by atoms with van der Waals surface area (Å²) in [5.41, 5.74) is 7.11. The number of hydrogen-bond acceptors (Lipinski definition) is 1. The second-order valence-corrected chi connectivity index (χ2v) is 11.6. The van der Waals surface area contributed by atoms with Crippen LogP contribution in [0, 0.1) is 0 Å². The molecule has 0 fully saturated rings. The minimum atomic E-state index is -4.38. The highest BCUT2D eigenvalue weighted by molar-refractivity contribution is 6.23. The fourth-order valence-corrected chi connectivity index (χ4v) is 6.89. The maximum atomic E-state index is 13.3. The summed E-state index contributed by atoms with van der Waals surface area (Å²) >= 11 is 0. The smallest absolute Gasteiger partial charge is 0.309 e. The lowest BCUT2D eigenvalue weighted by Crippen LogP contribution is -2.05. The van der Waals surface area contributed by atoms with Gasteiger partial charge in [0.2, 0.25) is 0 Å². The lowest BCUT2D eigenvalue weighted by molar-refractivity contribution is -0.137. The summed E-state index contributed by atoms with van der Waals surface area (Å²) in [6.07, 6.45) is -2.47. The van der Waals surface area contributed by atoms with E-state index in [9.17, 15) is 13.2 Å². The molecule has 0 radical (unpaired) electrons. The number of rotatable bonds is 3. The van der Waals surface area contributed by atoms with Crippen LogP contribution < -0.4 is 0 Å². The van der Waals surface area contributed by atoms with E-state index in [1.165, 1.54) is 22.9 Å². The number of fused-ring (bicyclic) bond motifs is 9. The lowest BCUT2D eigenvalue weighted by Gasteiger charge is -2.11. The van der Waals surface area contributed by atoms with E-state index in [1.807, 2.05) is 29.1 Å². The van der Waals surface area contributed by atoms with E-state index in [0.717, 1.165) is 72.6 Å². The standard InChI is InChI=1S/C40H24F3N3/c41-40(42,43)27-16-20-29(21-17-27)46-36-12-6-5-9-32(36)35-23-26(15-22-37(35)46)25-13-18-28(19-14-25)45-24-44-38-33-10-3-1-7-30(33)31-8-2-4-11-34(31)39(38)45/h1-24H. The van der Waals surface area contributed by atoms with E-state index in [4.69, 9.17) is 4.98 Å². The van der Waals surface area contributed by atoms with Gasteiger partial charge in [-0.15, -0.1) is 0 Å². The number of para-hydroxylation sites is 1. The summed E-state index contributed by atoms with van der Waals surface area (Å²) in [6, 6.07) is 45.0. The summed E-state index contributed by atoms with van der Waals surface area (Å²) in [5, 5.41) is 6.77. The minimum absolute atomic E-state index is 0.659. The van der Waals surface area contributed by atoms with Gasteiger partial charge in [0, 0.05) is 32.9 Å². The highest BCUT2D eigenvalue weighted by Gasteiger charge is 2.30. The van der Waals surface area contributed by atoms with E-state index in [-0.39, 0.29) is 0 Å². The van der Waals surface area contributed by atoms with Crippen molar-refractivity contribution in [1.82, 2.24) is 14.1 Å². The molecule has 2 aromatic heterocycles. The third kappa shape index (κ3) is 3.96. The maximum absolute atomic E-state index is 13.3. The van der Waals surface area contributed by atoms with Crippen molar-refractivity contribution < 1.29 is 13.2 Å². The Bertz CT molecular complexity index is 2610. The van der Waals surface area contributed by atoms with Gasteiger partial charge in [-0.05, 0) is 76.5 Å². The molecule has 220 valence electrons. The topological polar surface area (TPSA) is 22.8 Å². The van der Waals surface area contributed by atoms with Gasteiger partial charge in [0.1, 0.15) is 6.33 Å². The Kier molecular flexibility index (Phi) is 5.66. The van der Waals surface area contributed by atoms with Gasteiger partial charge >= 0.3 is 6.18 Å². The Balaban J connectivity index is 1.15. The van der Waals surface area contributed by atoms with Crippen molar-refractivity contribution in [3.63, 3.8) is 0 Å². The van der Waals surface area contributed by atoms with Crippen LogP contribution in [0.25, 0.3) is 76.9 Å². The van der Waals surface area contributed by atoms with Crippen molar-refractivity contribution in [2.24, 2.45) is 0 Å². The predicted octanol–water partition coefficient (Wildman–Crippen LogP) is 11.1. The van der Waals surface area contributed by atoms with Gasteiger partial charge in [-0.25, -0.2) is 4.98 Å². The molecular weight excluding hydrogens is 579 g/mol. The molecule has 7 aromatic carbocycles. The van der Waals surface area contributed by atoms with Crippen LogP contribution in [-0.4, -0.2) is 14.1 Å². The first-order chi connectivity index (χ1) is 22.5. The van der Waals surface area contributed by atoms with Crippen LogP contribution in [0.15, 0.2) is 146 Å². The molecule has 2 heterocycles. The van der Waals surface area contributed by atoms with Gasteiger partial charge in [0.25, 0.3) is 0 Å². The molecule has 0 saturated carbocycles. The highest BCUT2D eigenvalue weighted by Crippen LogP contribution is 2.38. The Morgan fingerprint density at radius 3 is 1.76 bits per heavy atom. The summed E-state index contributed by atoms with van der Waals surface area (Å²) in [6.45, 7) is 0. The minimum Gasteiger partial charge on any atom is -0.309 e. The monoisotopic (exact) mass is 603 g/mol. The van der Waals surface area contributed by atoms with E-state index in [0.29, 0.717) is 5.69 Å². The summed E-state index contributed by atoms with van der Waals surface area (Å²) in [5.74, 6) is 0. The molecular formula is C40H24F3N3. The summed E-state index contributed by atoms with van der Waals surface area (Å²) in [7, 11) is 0. The van der Waals surface area contributed by atoms with Gasteiger partial charge in [-0.3, -0.25) is 4.57 Å². The quantitative estimate of drug-likeness (QED) is 0.184. The average Bonchev–Trinajstić information content (AvgIpc) is 3.68. The van der Waals surface area contributed by atoms with Gasteiger partial charge in [-0.1, -0.05) is 84.9 Å². The van der Waals surface area contributed by atoms with Crippen molar-refractivity contribution >= 4 is 54.4 Å². The predicted molar refractivity (Wildman–Crippen MR) is 181 cm³/mol. The molecule has 0 N–H and O–H groups in total. The molecule has 0 aliphatic carbocycles. The molecule has 6 heteroatoms. The van der Waals surface area contributed by atoms with Crippen LogP contribution in [0.1, 0.15) is 5.56 Å². The zero-order valence-corrected chi connectivity index (χ0v) is 24.3. The molecule has 0 spiro atoms. The fourth-order valence-electron chi connectivity index (χ4n) is 6.89. The third-order valence-electron chi connectivity index (χ3n) is 9.03. The molecule has 0 amide bonds. The fraction of sp³-hybridized carbons (Fsp3) is 0.0250. The number of hydrogen-bond donors (Lipinski definition) is 0. The first-order valence-corrected chi connectivity index (χ1v) is 15.0. The number of imidazole rings is 1. The van der Waals surface area contributed by atoms with E-state index < -0.39 is 11.7 Å². The Morgan fingerprint density at radius 1 is 0.478 bits per heavy atom. The number of benzene rings is 7. The average molecular weight is 604 g/mol. The zero-order valence-electron chi connectivity index (χ0n) is 24.3. The van der Waals surface area contributed by atoms with Crippen LogP contribution in [0.3, 0.4) is 0 Å². The van der Waals surface area contributed by atoms with Gasteiger partial charge in [0.05, 0.1) is 27.6 Å². The zero-order chi connectivity index (χ0) is 31.0. The summed E-state index contributed by atoms with van der Waals surface area (Å²) < 4.78 is 43.9. The molecule has 9 aromatic rings. The van der Waals surface area contributed by atoms with Crippen LogP contribution in [0.5, 0.6) is 0 Å². The number of halogens is 3. The van der Waals surface area contributed by atoms with Crippen LogP contribution in [0.2, 0.25) is 0 Å². The molecule has 3 nitrogen and oxygen atoms in total. The largest absolute Gasteiger partial charge is 0.416 e. The van der Waals surface area contributed by atoms with Crippen molar-refractivity contribution in [3.05, 3.63) is 151 Å². The van der Waals surface area contributed by atoms with Crippen molar-refractivity contribution in [2.75, 3.05) is 0 Å². The van der Waals surface area contributed by atoms with Gasteiger partial charge in [-0.2, -0.15) is 13.2 Å². The molecule has 0 aliphatic rings. The van der Waals surface area contributed by atoms with Crippen LogP contribution >= 0.6 is 0 Å². The molecule has 0 atom stereocenters. The van der Waals surface area contributed by atoms with E-state index in [2.05, 4.69) is 102 Å². The second-order valence-electron chi connectivity index (χ2n) is 11.6. The van der Waals surface area contributed by atoms with Crippen molar-refractivity contribution in [2.45, 2.75) is 6.18 Å². The second kappa shape index (κ2) is 9.81. The Morgan fingerprint density at radius 2 is 1.04 bits per heavy atom. The van der Waals surface area contributed by atoms with Crippen molar-refractivity contribution in [1.29, 1.82) is 0 Å². The summed E-state index contributed by atoms with van der Waals surface area (Å²) in [4.78, 5) is 4.87. The van der Waals surface area contributed by atoms with E-state index >= 15 is 0 Å². The molecule has 0 saturated heterocycles. The number of nitrogens with zero attached hydrogens (tertiary/aromatic N) is 3. The molecule has 9 rings (SSSR count). The first kappa shape index (κ1) is 26.5. The SMILES string of the molecule is FC(F)(F)c1ccc(-n2c3ccccc3c3cc(-c4ccc(-n5cnc6c7ccccc7c7ccccc7c65)cc4)ccc32)cc1. The first-order valence-electron chi connectivity index (χ1n) is 15.0. The number of aromatic nitrogens is 3. The Labute approximate surface area is 261 Å². The highest BCUT2D eigenvalue weighted by atomic mass is 19.4. The maximum Gasteiger partial charge on any atom is 0.416 e. The molecule has 0 aliphatic heterocycles. The van der Waals surface area contributed by atoms with Crippen LogP contribution in [0.4, 0.5) is 13.2 Å². The third-order valence-corrected chi connectivity index (χ3v) is 9.03. The number of alkyl halides is 3.